The third-order valence-electron chi connectivity index (χ3n) is 2.87. The molecule has 0 saturated heterocycles. The van der Waals surface area contributed by atoms with Crippen molar-refractivity contribution in [3.63, 3.8) is 0 Å². The van der Waals surface area contributed by atoms with Crippen molar-refractivity contribution in [2.45, 2.75) is 10.6 Å². The first kappa shape index (κ1) is 15.7. The maximum absolute atomic E-state index is 10.9. The molecule has 0 aromatic heterocycles. The summed E-state index contributed by atoms with van der Waals surface area (Å²) in [6, 6.07) is 10.5. The minimum absolute atomic E-state index is 0.265. The molecule has 0 aliphatic rings. The molecule has 6 heteroatoms. The molecule has 21 heavy (non-hydrogen) atoms. The number of nitrogen functional groups attached to an aromatic ring is 1. The Bertz CT molecular complexity index is 676. The molecule has 0 aliphatic heterocycles. The van der Waals surface area contributed by atoms with Crippen LogP contribution >= 0.6 is 27.7 Å². The predicted molar refractivity (Wildman–Crippen MR) is 88.1 cm³/mol. The maximum atomic E-state index is 10.9. The van der Waals surface area contributed by atoms with Crippen LogP contribution < -0.4 is 10.5 Å². The van der Waals surface area contributed by atoms with E-state index in [9.17, 15) is 4.79 Å². The number of nitrogens with two attached hydrogens (primary N) is 1. The number of rotatable bonds is 5. The molecule has 3 N–H and O–H groups in total. The summed E-state index contributed by atoms with van der Waals surface area (Å²) < 4.78 is 6.09. The first-order valence-corrected chi connectivity index (χ1v) is 7.87. The molecule has 0 spiro atoms. The highest BCUT2D eigenvalue weighted by atomic mass is 79.9. The Hall–Kier alpha value is -1.66. The van der Waals surface area contributed by atoms with E-state index in [0.29, 0.717) is 11.4 Å². The number of hydrogen-bond donors (Lipinski definition) is 2. The van der Waals surface area contributed by atoms with Crippen LogP contribution in [0.15, 0.2) is 45.8 Å². The van der Waals surface area contributed by atoms with E-state index in [1.807, 2.05) is 18.2 Å². The second-order valence-electron chi connectivity index (χ2n) is 4.31. The van der Waals surface area contributed by atoms with Gasteiger partial charge in [0, 0.05) is 26.9 Å². The predicted octanol–water partition coefficient (Wildman–Crippen LogP) is 4.03. The number of halogens is 1. The van der Waals surface area contributed by atoms with E-state index < -0.39 is 5.97 Å². The lowest BCUT2D eigenvalue weighted by Crippen LogP contribution is -1.97. The second kappa shape index (κ2) is 6.87. The Balaban J connectivity index is 2.15. The smallest absolute Gasteiger partial charge is 0.335 e. The van der Waals surface area contributed by atoms with Crippen LogP contribution in [-0.2, 0) is 5.75 Å². The van der Waals surface area contributed by atoms with Gasteiger partial charge in [0.1, 0.15) is 5.75 Å². The lowest BCUT2D eigenvalue weighted by Gasteiger charge is -2.10. The quantitative estimate of drug-likeness (QED) is 0.616. The van der Waals surface area contributed by atoms with E-state index in [1.54, 1.807) is 37.1 Å². The van der Waals surface area contributed by atoms with Gasteiger partial charge in [-0.25, -0.2) is 4.79 Å². The Kier molecular flexibility index (Phi) is 5.14. The fraction of sp³-hybridized carbons (Fsp3) is 0.133. The number of benzene rings is 2. The molecule has 0 bridgehead atoms. The average Bonchev–Trinajstić information content (AvgIpc) is 2.46. The van der Waals surface area contributed by atoms with Crippen LogP contribution in [0.5, 0.6) is 5.75 Å². The molecule has 0 atom stereocenters. The van der Waals surface area contributed by atoms with Gasteiger partial charge in [-0.05, 0) is 29.8 Å². The van der Waals surface area contributed by atoms with Crippen molar-refractivity contribution in [1.82, 2.24) is 0 Å². The summed E-state index contributed by atoms with van der Waals surface area (Å²) in [5, 5.41) is 8.95. The van der Waals surface area contributed by atoms with Gasteiger partial charge < -0.3 is 15.6 Å². The summed E-state index contributed by atoms with van der Waals surface area (Å²) in [6.45, 7) is 0. The van der Waals surface area contributed by atoms with Crippen molar-refractivity contribution in [1.29, 1.82) is 0 Å². The zero-order chi connectivity index (χ0) is 15.4. The number of aromatic carboxylic acids is 1. The SMILES string of the molecule is COc1cc(N)ccc1SCc1ccc(C(=O)O)cc1Br. The topological polar surface area (TPSA) is 72.5 Å². The van der Waals surface area contributed by atoms with Gasteiger partial charge in [0.05, 0.1) is 12.7 Å². The minimum atomic E-state index is -0.935. The molecule has 2 rings (SSSR count). The molecular formula is C15H14BrNO3S. The van der Waals surface area contributed by atoms with Gasteiger partial charge in [-0.2, -0.15) is 0 Å². The third-order valence-corrected chi connectivity index (χ3v) is 4.71. The normalized spacial score (nSPS) is 10.4. The zero-order valence-electron chi connectivity index (χ0n) is 11.3. The van der Waals surface area contributed by atoms with Gasteiger partial charge in [0.15, 0.2) is 0 Å². The Labute approximate surface area is 135 Å². The molecule has 0 amide bonds. The van der Waals surface area contributed by atoms with E-state index in [0.717, 1.165) is 20.7 Å². The third kappa shape index (κ3) is 3.92. The molecule has 110 valence electrons. The largest absolute Gasteiger partial charge is 0.496 e. The highest BCUT2D eigenvalue weighted by Gasteiger charge is 2.09. The van der Waals surface area contributed by atoms with Gasteiger partial charge in [0.25, 0.3) is 0 Å². The number of carboxylic acid groups (broad SMARTS) is 1. The zero-order valence-corrected chi connectivity index (χ0v) is 13.7. The van der Waals surface area contributed by atoms with Crippen LogP contribution in [0, 0.1) is 0 Å². The lowest BCUT2D eigenvalue weighted by atomic mass is 10.1. The molecule has 0 fully saturated rings. The molecule has 0 unspecified atom stereocenters. The Morgan fingerprint density at radius 2 is 2.10 bits per heavy atom. The van der Waals surface area contributed by atoms with E-state index in [2.05, 4.69) is 15.9 Å². The van der Waals surface area contributed by atoms with Crippen LogP contribution in [0.3, 0.4) is 0 Å². The molecule has 4 nitrogen and oxygen atoms in total. The number of carboxylic acids is 1. The van der Waals surface area contributed by atoms with Gasteiger partial charge in [0.2, 0.25) is 0 Å². The van der Waals surface area contributed by atoms with E-state index in [-0.39, 0.29) is 5.56 Å². The van der Waals surface area contributed by atoms with Crippen molar-refractivity contribution in [3.8, 4) is 5.75 Å². The lowest BCUT2D eigenvalue weighted by molar-refractivity contribution is 0.0697. The van der Waals surface area contributed by atoms with Gasteiger partial charge in [-0.1, -0.05) is 22.0 Å². The maximum Gasteiger partial charge on any atom is 0.335 e. The van der Waals surface area contributed by atoms with Gasteiger partial charge in [-0.3, -0.25) is 0 Å². The first-order chi connectivity index (χ1) is 10.0. The average molecular weight is 368 g/mol. The molecule has 0 radical (unpaired) electrons. The van der Waals surface area contributed by atoms with Gasteiger partial charge in [-0.15, -0.1) is 11.8 Å². The van der Waals surface area contributed by atoms with Crippen molar-refractivity contribution < 1.29 is 14.6 Å². The second-order valence-corrected chi connectivity index (χ2v) is 6.18. The number of ether oxygens (including phenoxy) is 1. The van der Waals surface area contributed by atoms with Crippen molar-refractivity contribution >= 4 is 39.3 Å². The Morgan fingerprint density at radius 1 is 1.33 bits per heavy atom. The summed E-state index contributed by atoms with van der Waals surface area (Å²) in [5.74, 6) is 0.495. The van der Waals surface area contributed by atoms with Crippen molar-refractivity contribution in [2.75, 3.05) is 12.8 Å². The summed E-state index contributed by atoms with van der Waals surface area (Å²) in [4.78, 5) is 11.9. The highest BCUT2D eigenvalue weighted by molar-refractivity contribution is 9.10. The fourth-order valence-corrected chi connectivity index (χ4v) is 3.47. The first-order valence-electron chi connectivity index (χ1n) is 6.09. The molecule has 0 heterocycles. The molecular weight excluding hydrogens is 354 g/mol. The Morgan fingerprint density at radius 3 is 2.71 bits per heavy atom. The number of anilines is 1. The number of carbonyl (C=O) groups is 1. The summed E-state index contributed by atoms with van der Waals surface area (Å²) in [7, 11) is 1.61. The molecule has 2 aromatic rings. The van der Waals surface area contributed by atoms with Crippen molar-refractivity contribution in [2.24, 2.45) is 0 Å². The summed E-state index contributed by atoms with van der Waals surface area (Å²) in [5.41, 5.74) is 7.66. The van der Waals surface area contributed by atoms with Crippen LogP contribution in [0.4, 0.5) is 5.69 Å². The number of thioether (sulfide) groups is 1. The highest BCUT2D eigenvalue weighted by Crippen LogP contribution is 2.34. The van der Waals surface area contributed by atoms with Crippen LogP contribution in [0.25, 0.3) is 0 Å². The standard InChI is InChI=1S/C15H14BrNO3S/c1-20-13-7-11(17)4-5-14(13)21-8-10-3-2-9(15(18)19)6-12(10)16/h2-7H,8,17H2,1H3,(H,18,19). The van der Waals surface area contributed by atoms with Crippen LogP contribution in [-0.4, -0.2) is 18.2 Å². The fourth-order valence-electron chi connectivity index (χ4n) is 1.76. The number of hydrogen-bond acceptors (Lipinski definition) is 4. The van der Waals surface area contributed by atoms with E-state index in [4.69, 9.17) is 15.6 Å². The minimum Gasteiger partial charge on any atom is -0.496 e. The van der Waals surface area contributed by atoms with Crippen molar-refractivity contribution in [3.05, 3.63) is 52.0 Å². The summed E-state index contributed by atoms with van der Waals surface area (Å²) in [6.07, 6.45) is 0. The van der Waals surface area contributed by atoms with Gasteiger partial charge >= 0.3 is 5.97 Å². The molecule has 0 aliphatic carbocycles. The molecule has 0 saturated carbocycles. The monoisotopic (exact) mass is 367 g/mol. The van der Waals surface area contributed by atoms with E-state index >= 15 is 0 Å². The summed E-state index contributed by atoms with van der Waals surface area (Å²) >= 11 is 5.01. The molecule has 2 aromatic carbocycles. The van der Waals surface area contributed by atoms with E-state index in [1.165, 1.54) is 0 Å². The van der Waals surface area contributed by atoms with Crippen LogP contribution in [0.1, 0.15) is 15.9 Å². The number of methoxy groups -OCH3 is 1. The van der Waals surface area contributed by atoms with Crippen LogP contribution in [0.2, 0.25) is 0 Å².